The van der Waals surface area contributed by atoms with Crippen molar-refractivity contribution in [2.45, 2.75) is 45.6 Å². The Morgan fingerprint density at radius 2 is 1.83 bits per heavy atom. The SMILES string of the molecule is CCC(ON=Cc1cc(Br)c(Oc2ccc(O)c(C(C)CC)c2)c(Br)c1)C(=O)O. The molecule has 0 amide bonds. The number of carboxylic acid groups (broad SMARTS) is 1. The Kier molecular flexibility index (Phi) is 8.52. The second-order valence-electron chi connectivity index (χ2n) is 6.52. The third-order valence-electron chi connectivity index (χ3n) is 4.42. The third kappa shape index (κ3) is 6.21. The van der Waals surface area contributed by atoms with Crippen molar-refractivity contribution in [3.63, 3.8) is 0 Å². The van der Waals surface area contributed by atoms with Gasteiger partial charge in [-0.25, -0.2) is 4.79 Å². The van der Waals surface area contributed by atoms with Crippen LogP contribution in [0, 0.1) is 0 Å². The summed E-state index contributed by atoms with van der Waals surface area (Å²) in [6.07, 6.45) is 1.68. The van der Waals surface area contributed by atoms with E-state index in [1.54, 1.807) is 31.2 Å². The van der Waals surface area contributed by atoms with Gasteiger partial charge in [-0.2, -0.15) is 0 Å². The van der Waals surface area contributed by atoms with Crippen LogP contribution in [0.2, 0.25) is 0 Å². The molecule has 6 nitrogen and oxygen atoms in total. The quantitative estimate of drug-likeness (QED) is 0.289. The number of rotatable bonds is 9. The number of halogens is 2. The molecule has 0 heterocycles. The summed E-state index contributed by atoms with van der Waals surface area (Å²) in [4.78, 5) is 16.0. The van der Waals surface area contributed by atoms with Gasteiger partial charge in [0, 0.05) is 5.56 Å². The van der Waals surface area contributed by atoms with E-state index in [4.69, 9.17) is 14.7 Å². The number of hydrogen-bond donors (Lipinski definition) is 2. The van der Waals surface area contributed by atoms with Crippen LogP contribution in [0.4, 0.5) is 0 Å². The van der Waals surface area contributed by atoms with E-state index >= 15 is 0 Å². The van der Waals surface area contributed by atoms with Crippen molar-refractivity contribution in [1.82, 2.24) is 0 Å². The minimum atomic E-state index is -1.05. The Hall–Kier alpha value is -2.06. The monoisotopic (exact) mass is 527 g/mol. The maximum absolute atomic E-state index is 11.0. The number of aromatic hydroxyl groups is 1. The molecule has 2 rings (SSSR count). The van der Waals surface area contributed by atoms with Crippen molar-refractivity contribution in [3.05, 3.63) is 50.4 Å². The van der Waals surface area contributed by atoms with Gasteiger partial charge in [-0.15, -0.1) is 0 Å². The fraction of sp³-hybridized carbons (Fsp3) is 0.333. The number of benzene rings is 2. The molecule has 0 aliphatic rings. The van der Waals surface area contributed by atoms with Crippen molar-refractivity contribution >= 4 is 44.0 Å². The van der Waals surface area contributed by atoms with Crippen molar-refractivity contribution in [3.8, 4) is 17.2 Å². The highest BCUT2D eigenvalue weighted by Gasteiger charge is 2.16. The molecule has 2 unspecified atom stereocenters. The zero-order chi connectivity index (χ0) is 21.6. The molecule has 0 radical (unpaired) electrons. The van der Waals surface area contributed by atoms with Crippen LogP contribution in [0.5, 0.6) is 17.2 Å². The Morgan fingerprint density at radius 1 is 1.17 bits per heavy atom. The van der Waals surface area contributed by atoms with Crippen molar-refractivity contribution in [2.75, 3.05) is 0 Å². The van der Waals surface area contributed by atoms with Gasteiger partial charge in [-0.1, -0.05) is 25.9 Å². The molecule has 2 N–H and O–H groups in total. The van der Waals surface area contributed by atoms with Gasteiger partial charge in [0.15, 0.2) is 5.75 Å². The standard InChI is InChI=1S/C21H23Br2NO5/c1-4-12(3)15-10-14(6-7-18(15)25)28-20-16(22)8-13(9-17(20)23)11-24-29-19(5-2)21(26)27/h6-12,19,25H,4-5H2,1-3H3,(H,26,27). The molecule has 0 bridgehead atoms. The number of aliphatic carboxylic acids is 1. The lowest BCUT2D eigenvalue weighted by atomic mass is 9.97. The Labute approximate surface area is 186 Å². The lowest BCUT2D eigenvalue weighted by Crippen LogP contribution is -2.20. The van der Waals surface area contributed by atoms with Crippen LogP contribution in [0.1, 0.15) is 50.7 Å². The first-order valence-corrected chi connectivity index (χ1v) is 10.8. The summed E-state index contributed by atoms with van der Waals surface area (Å²) in [6.45, 7) is 5.83. The van der Waals surface area contributed by atoms with Crippen LogP contribution in [0.15, 0.2) is 44.4 Å². The summed E-state index contributed by atoms with van der Waals surface area (Å²) in [6, 6.07) is 8.74. The van der Waals surface area contributed by atoms with E-state index in [9.17, 15) is 9.90 Å². The zero-order valence-corrected chi connectivity index (χ0v) is 19.5. The molecular formula is C21H23Br2NO5. The zero-order valence-electron chi connectivity index (χ0n) is 16.4. The smallest absolute Gasteiger partial charge is 0.347 e. The van der Waals surface area contributed by atoms with Gasteiger partial charge in [0.05, 0.1) is 15.2 Å². The van der Waals surface area contributed by atoms with Gasteiger partial charge >= 0.3 is 5.97 Å². The van der Waals surface area contributed by atoms with Crippen molar-refractivity contribution < 1.29 is 24.6 Å². The van der Waals surface area contributed by atoms with Crippen molar-refractivity contribution in [2.24, 2.45) is 5.16 Å². The van der Waals surface area contributed by atoms with E-state index in [2.05, 4.69) is 43.9 Å². The van der Waals surface area contributed by atoms with Gasteiger partial charge in [0.25, 0.3) is 0 Å². The molecule has 0 saturated heterocycles. The molecule has 29 heavy (non-hydrogen) atoms. The summed E-state index contributed by atoms with van der Waals surface area (Å²) in [7, 11) is 0. The largest absolute Gasteiger partial charge is 0.508 e. The van der Waals surface area contributed by atoms with Gasteiger partial charge in [0.1, 0.15) is 11.5 Å². The average Bonchev–Trinajstić information content (AvgIpc) is 2.68. The van der Waals surface area contributed by atoms with Crippen molar-refractivity contribution in [1.29, 1.82) is 0 Å². The molecule has 2 atom stereocenters. The van der Waals surface area contributed by atoms with E-state index in [1.807, 2.05) is 13.0 Å². The normalized spacial score (nSPS) is 13.3. The van der Waals surface area contributed by atoms with Crippen LogP contribution in [0.25, 0.3) is 0 Å². The summed E-state index contributed by atoms with van der Waals surface area (Å²) in [5, 5.41) is 22.8. The second-order valence-corrected chi connectivity index (χ2v) is 8.23. The Balaban J connectivity index is 2.21. The van der Waals surface area contributed by atoms with Gasteiger partial charge in [-0.05, 0) is 86.5 Å². The van der Waals surface area contributed by atoms with Crippen LogP contribution in [0.3, 0.4) is 0 Å². The molecule has 0 aliphatic carbocycles. The van der Waals surface area contributed by atoms with E-state index < -0.39 is 12.1 Å². The summed E-state index contributed by atoms with van der Waals surface area (Å²) < 4.78 is 7.37. The van der Waals surface area contributed by atoms with Crippen LogP contribution < -0.4 is 4.74 Å². The van der Waals surface area contributed by atoms with Crippen LogP contribution in [-0.4, -0.2) is 28.5 Å². The average molecular weight is 529 g/mol. The van der Waals surface area contributed by atoms with Crippen LogP contribution in [-0.2, 0) is 9.63 Å². The fourth-order valence-electron chi connectivity index (χ4n) is 2.54. The fourth-order valence-corrected chi connectivity index (χ4v) is 3.92. The highest BCUT2D eigenvalue weighted by atomic mass is 79.9. The molecule has 2 aromatic rings. The molecule has 0 spiro atoms. The van der Waals surface area contributed by atoms with E-state index in [-0.39, 0.29) is 11.7 Å². The van der Waals surface area contributed by atoms with Gasteiger partial charge in [0.2, 0.25) is 6.10 Å². The maximum atomic E-state index is 11.0. The van der Waals surface area contributed by atoms with Crippen LogP contribution >= 0.6 is 31.9 Å². The number of nitrogens with zero attached hydrogens (tertiary/aromatic N) is 1. The summed E-state index contributed by atoms with van der Waals surface area (Å²) in [5.41, 5.74) is 1.53. The third-order valence-corrected chi connectivity index (χ3v) is 5.60. The molecule has 156 valence electrons. The van der Waals surface area contributed by atoms with Gasteiger partial charge in [-0.3, -0.25) is 0 Å². The number of phenolic OH excluding ortho intramolecular Hbond substituents is 1. The number of ether oxygens (including phenoxy) is 1. The summed E-state index contributed by atoms with van der Waals surface area (Å²) in [5.74, 6) is 0.587. The molecule has 8 heteroatoms. The molecule has 0 saturated carbocycles. The minimum Gasteiger partial charge on any atom is -0.508 e. The Bertz CT molecular complexity index is 878. The Morgan fingerprint density at radius 3 is 2.38 bits per heavy atom. The highest BCUT2D eigenvalue weighted by Crippen LogP contribution is 2.39. The molecule has 0 fully saturated rings. The highest BCUT2D eigenvalue weighted by molar-refractivity contribution is 9.11. The lowest BCUT2D eigenvalue weighted by Gasteiger charge is -2.15. The first-order valence-electron chi connectivity index (χ1n) is 9.18. The topological polar surface area (TPSA) is 88.4 Å². The lowest BCUT2D eigenvalue weighted by molar-refractivity contribution is -0.150. The molecule has 2 aromatic carbocycles. The maximum Gasteiger partial charge on any atom is 0.347 e. The number of oxime groups is 1. The summed E-state index contributed by atoms with van der Waals surface area (Å²) >= 11 is 6.98. The predicted octanol–water partition coefficient (Wildman–Crippen LogP) is 6.44. The van der Waals surface area contributed by atoms with E-state index in [0.29, 0.717) is 32.4 Å². The number of carbonyl (C=O) groups is 1. The van der Waals surface area contributed by atoms with Gasteiger partial charge < -0.3 is 19.8 Å². The number of carboxylic acids is 1. The first-order chi connectivity index (χ1) is 13.8. The molecular weight excluding hydrogens is 506 g/mol. The van der Waals surface area contributed by atoms with E-state index in [1.165, 1.54) is 6.21 Å². The minimum absolute atomic E-state index is 0.210. The van der Waals surface area contributed by atoms with E-state index in [0.717, 1.165) is 12.0 Å². The first kappa shape index (κ1) is 23.2. The predicted molar refractivity (Wildman–Crippen MR) is 119 cm³/mol. The molecule has 0 aliphatic heterocycles. The molecule has 0 aromatic heterocycles. The number of phenols is 1. The second kappa shape index (κ2) is 10.6. The number of hydrogen-bond acceptors (Lipinski definition) is 5.